The van der Waals surface area contributed by atoms with Crippen molar-refractivity contribution < 1.29 is 9.53 Å². The monoisotopic (exact) mass is 246 g/mol. The van der Waals surface area contributed by atoms with Crippen LogP contribution in [0.3, 0.4) is 0 Å². The lowest BCUT2D eigenvalue weighted by Crippen LogP contribution is -2.47. The highest BCUT2D eigenvalue weighted by atomic mass is 32.2. The number of nitrogens with one attached hydrogen (secondary N) is 1. The maximum atomic E-state index is 11.7. The summed E-state index contributed by atoms with van der Waals surface area (Å²) in [5.41, 5.74) is 5.93. The van der Waals surface area contributed by atoms with E-state index in [4.69, 9.17) is 10.5 Å². The molecule has 1 aliphatic rings. The van der Waals surface area contributed by atoms with E-state index in [0.717, 1.165) is 44.8 Å². The fourth-order valence-electron chi connectivity index (χ4n) is 1.83. The van der Waals surface area contributed by atoms with Crippen LogP contribution in [0.25, 0.3) is 0 Å². The van der Waals surface area contributed by atoms with Crippen molar-refractivity contribution in [2.75, 3.05) is 31.8 Å². The van der Waals surface area contributed by atoms with Gasteiger partial charge in [0.1, 0.15) is 0 Å². The summed E-state index contributed by atoms with van der Waals surface area (Å²) in [6, 6.07) is -0.363. The van der Waals surface area contributed by atoms with Crippen LogP contribution < -0.4 is 11.1 Å². The summed E-state index contributed by atoms with van der Waals surface area (Å²) >= 11 is 1.79. The van der Waals surface area contributed by atoms with Gasteiger partial charge < -0.3 is 15.8 Å². The van der Waals surface area contributed by atoms with E-state index in [-0.39, 0.29) is 17.9 Å². The van der Waals surface area contributed by atoms with Gasteiger partial charge in [0.25, 0.3) is 0 Å². The number of hydrogen-bond donors (Lipinski definition) is 2. The van der Waals surface area contributed by atoms with Gasteiger partial charge in [0.15, 0.2) is 0 Å². The SMILES string of the molecule is CSCCCNC(=O)C(N)C1CCOCC1. The van der Waals surface area contributed by atoms with E-state index in [1.165, 1.54) is 0 Å². The third-order valence-electron chi connectivity index (χ3n) is 2.90. The summed E-state index contributed by atoms with van der Waals surface area (Å²) in [5.74, 6) is 1.36. The van der Waals surface area contributed by atoms with E-state index in [1.54, 1.807) is 11.8 Å². The van der Waals surface area contributed by atoms with Crippen molar-refractivity contribution in [3.8, 4) is 0 Å². The second kappa shape index (κ2) is 7.92. The van der Waals surface area contributed by atoms with Crippen LogP contribution in [0.4, 0.5) is 0 Å². The first-order valence-electron chi connectivity index (χ1n) is 5.85. The highest BCUT2D eigenvalue weighted by molar-refractivity contribution is 7.98. The molecule has 1 heterocycles. The van der Waals surface area contributed by atoms with Crippen molar-refractivity contribution in [1.29, 1.82) is 0 Å². The molecule has 16 heavy (non-hydrogen) atoms. The van der Waals surface area contributed by atoms with Crippen molar-refractivity contribution in [2.45, 2.75) is 25.3 Å². The average molecular weight is 246 g/mol. The topological polar surface area (TPSA) is 64.4 Å². The normalized spacial score (nSPS) is 19.4. The van der Waals surface area contributed by atoms with Crippen LogP contribution in [0.15, 0.2) is 0 Å². The second-order valence-electron chi connectivity index (χ2n) is 4.11. The molecule has 4 nitrogen and oxygen atoms in total. The zero-order valence-electron chi connectivity index (χ0n) is 9.91. The molecule has 94 valence electrons. The molecule has 1 fully saturated rings. The van der Waals surface area contributed by atoms with Gasteiger partial charge in [0.05, 0.1) is 6.04 Å². The first kappa shape index (κ1) is 13.8. The van der Waals surface area contributed by atoms with Crippen molar-refractivity contribution in [3.05, 3.63) is 0 Å². The largest absolute Gasteiger partial charge is 0.381 e. The van der Waals surface area contributed by atoms with Gasteiger partial charge in [-0.25, -0.2) is 0 Å². The molecule has 0 saturated carbocycles. The van der Waals surface area contributed by atoms with E-state index < -0.39 is 0 Å². The number of carbonyl (C=O) groups is 1. The minimum absolute atomic E-state index is 0.00648. The first-order valence-corrected chi connectivity index (χ1v) is 7.25. The summed E-state index contributed by atoms with van der Waals surface area (Å²) in [7, 11) is 0. The van der Waals surface area contributed by atoms with Crippen LogP contribution >= 0.6 is 11.8 Å². The number of amides is 1. The maximum Gasteiger partial charge on any atom is 0.237 e. The minimum atomic E-state index is -0.363. The molecule has 1 aliphatic heterocycles. The molecule has 0 bridgehead atoms. The molecule has 0 aromatic heterocycles. The fourth-order valence-corrected chi connectivity index (χ4v) is 2.27. The van der Waals surface area contributed by atoms with Crippen molar-refractivity contribution in [1.82, 2.24) is 5.32 Å². The molecule has 1 amide bonds. The van der Waals surface area contributed by atoms with Crippen LogP contribution in [0, 0.1) is 5.92 Å². The molecule has 1 unspecified atom stereocenters. The number of hydrogen-bond acceptors (Lipinski definition) is 4. The third kappa shape index (κ3) is 4.72. The number of ether oxygens (including phenoxy) is 1. The Balaban J connectivity index is 2.18. The number of nitrogens with two attached hydrogens (primary N) is 1. The molecular weight excluding hydrogens is 224 g/mol. The van der Waals surface area contributed by atoms with Gasteiger partial charge in [-0.1, -0.05) is 0 Å². The van der Waals surface area contributed by atoms with Crippen molar-refractivity contribution in [2.24, 2.45) is 11.7 Å². The van der Waals surface area contributed by atoms with Crippen LogP contribution in [0.1, 0.15) is 19.3 Å². The van der Waals surface area contributed by atoms with E-state index in [2.05, 4.69) is 11.6 Å². The van der Waals surface area contributed by atoms with Crippen LogP contribution in [0.5, 0.6) is 0 Å². The molecule has 1 saturated heterocycles. The second-order valence-corrected chi connectivity index (χ2v) is 5.10. The Hall–Kier alpha value is -0.260. The molecule has 1 atom stereocenters. The minimum Gasteiger partial charge on any atom is -0.381 e. The Morgan fingerprint density at radius 2 is 2.25 bits per heavy atom. The van der Waals surface area contributed by atoms with Gasteiger partial charge in [-0.15, -0.1) is 0 Å². The lowest BCUT2D eigenvalue weighted by molar-refractivity contribution is -0.124. The van der Waals surface area contributed by atoms with Crippen LogP contribution in [-0.2, 0) is 9.53 Å². The Morgan fingerprint density at radius 3 is 2.88 bits per heavy atom. The summed E-state index contributed by atoms with van der Waals surface area (Å²) in [4.78, 5) is 11.7. The zero-order valence-corrected chi connectivity index (χ0v) is 10.7. The zero-order chi connectivity index (χ0) is 11.8. The van der Waals surface area contributed by atoms with Gasteiger partial charge in [-0.3, -0.25) is 4.79 Å². The average Bonchev–Trinajstić information content (AvgIpc) is 2.34. The summed E-state index contributed by atoms with van der Waals surface area (Å²) < 4.78 is 5.25. The Kier molecular flexibility index (Phi) is 6.84. The van der Waals surface area contributed by atoms with E-state index in [9.17, 15) is 4.79 Å². The molecular formula is C11H22N2O2S. The van der Waals surface area contributed by atoms with E-state index >= 15 is 0 Å². The Bertz CT molecular complexity index is 208. The summed E-state index contributed by atoms with van der Waals surface area (Å²) in [5, 5.41) is 2.90. The Labute approximate surface area is 102 Å². The molecule has 0 aromatic rings. The van der Waals surface area contributed by atoms with Gasteiger partial charge in [0, 0.05) is 19.8 Å². The fraction of sp³-hybridized carbons (Fsp3) is 0.909. The predicted molar refractivity (Wildman–Crippen MR) is 67.5 cm³/mol. The lowest BCUT2D eigenvalue weighted by atomic mass is 9.92. The maximum absolute atomic E-state index is 11.7. The van der Waals surface area contributed by atoms with Crippen LogP contribution in [0.2, 0.25) is 0 Å². The molecule has 0 radical (unpaired) electrons. The van der Waals surface area contributed by atoms with Crippen molar-refractivity contribution in [3.63, 3.8) is 0 Å². The highest BCUT2D eigenvalue weighted by Gasteiger charge is 2.25. The number of rotatable bonds is 6. The first-order chi connectivity index (χ1) is 7.75. The third-order valence-corrected chi connectivity index (χ3v) is 3.60. The smallest absolute Gasteiger partial charge is 0.237 e. The van der Waals surface area contributed by atoms with Gasteiger partial charge in [-0.05, 0) is 37.2 Å². The predicted octanol–water partition coefficient (Wildman–Crippen LogP) is 0.610. The summed E-state index contributed by atoms with van der Waals surface area (Å²) in [6.07, 6.45) is 4.88. The number of carbonyl (C=O) groups excluding carboxylic acids is 1. The number of thioether (sulfide) groups is 1. The highest BCUT2D eigenvalue weighted by Crippen LogP contribution is 2.17. The molecule has 0 aliphatic carbocycles. The van der Waals surface area contributed by atoms with E-state index in [0.29, 0.717) is 0 Å². The molecule has 0 spiro atoms. The van der Waals surface area contributed by atoms with Crippen molar-refractivity contribution >= 4 is 17.7 Å². The quantitative estimate of drug-likeness (QED) is 0.674. The molecule has 5 heteroatoms. The summed E-state index contributed by atoms with van der Waals surface area (Å²) in [6.45, 7) is 2.20. The standard InChI is InChI=1S/C11H22N2O2S/c1-16-8-2-5-13-11(14)10(12)9-3-6-15-7-4-9/h9-10H,2-8,12H2,1H3,(H,13,14). The Morgan fingerprint density at radius 1 is 1.56 bits per heavy atom. The molecule has 0 aromatic carbocycles. The van der Waals surface area contributed by atoms with E-state index in [1.807, 2.05) is 0 Å². The van der Waals surface area contributed by atoms with Gasteiger partial charge in [0.2, 0.25) is 5.91 Å². The van der Waals surface area contributed by atoms with Crippen LogP contribution in [-0.4, -0.2) is 43.7 Å². The molecule has 1 rings (SSSR count). The molecule has 3 N–H and O–H groups in total. The van der Waals surface area contributed by atoms with Gasteiger partial charge in [-0.2, -0.15) is 11.8 Å². The van der Waals surface area contributed by atoms with Gasteiger partial charge >= 0.3 is 0 Å². The lowest BCUT2D eigenvalue weighted by Gasteiger charge is -2.26.